The molecule has 5 nitrogen and oxygen atoms in total. The van der Waals surface area contributed by atoms with Gasteiger partial charge < -0.3 is 14.2 Å². The van der Waals surface area contributed by atoms with Gasteiger partial charge in [-0.05, 0) is 32.6 Å². The van der Waals surface area contributed by atoms with Crippen LogP contribution in [-0.2, 0) is 23.8 Å². The van der Waals surface area contributed by atoms with E-state index in [0.29, 0.717) is 13.2 Å². The molecule has 1 aliphatic rings. The lowest BCUT2D eigenvalue weighted by Gasteiger charge is -2.31. The zero-order valence-corrected chi connectivity index (χ0v) is 11.3. The van der Waals surface area contributed by atoms with Gasteiger partial charge in [-0.3, -0.25) is 9.59 Å². The third-order valence-corrected chi connectivity index (χ3v) is 3.30. The molecule has 104 valence electrons. The lowest BCUT2D eigenvalue weighted by atomic mass is 9.82. The summed E-state index contributed by atoms with van der Waals surface area (Å²) in [6.45, 7) is 4.70. The summed E-state index contributed by atoms with van der Waals surface area (Å²) in [5, 5.41) is 0. The van der Waals surface area contributed by atoms with Crippen LogP contribution in [0.3, 0.4) is 0 Å². The van der Waals surface area contributed by atoms with Gasteiger partial charge in [-0.15, -0.1) is 0 Å². The SMILES string of the molecule is CCOC(=O)C(CC(=O)OC)[C@@H]1CCO[C@@H](C)C1. The summed E-state index contributed by atoms with van der Waals surface area (Å²) < 4.78 is 15.2. The minimum Gasteiger partial charge on any atom is -0.469 e. The molecule has 1 aliphatic heterocycles. The second-order valence-corrected chi connectivity index (χ2v) is 4.60. The van der Waals surface area contributed by atoms with Gasteiger partial charge in [0.05, 0.1) is 32.2 Å². The highest BCUT2D eigenvalue weighted by Gasteiger charge is 2.34. The highest BCUT2D eigenvalue weighted by atomic mass is 16.5. The van der Waals surface area contributed by atoms with Gasteiger partial charge in [0, 0.05) is 6.61 Å². The maximum Gasteiger partial charge on any atom is 0.309 e. The Kier molecular flexibility index (Phi) is 6.12. The molecule has 5 heteroatoms. The molecule has 1 fully saturated rings. The zero-order chi connectivity index (χ0) is 13.5. The molecule has 0 N–H and O–H groups in total. The normalized spacial score (nSPS) is 25.3. The van der Waals surface area contributed by atoms with Crippen molar-refractivity contribution in [2.24, 2.45) is 11.8 Å². The molecule has 0 spiro atoms. The van der Waals surface area contributed by atoms with E-state index >= 15 is 0 Å². The molecule has 0 bridgehead atoms. The molecular formula is C13H22O5. The van der Waals surface area contributed by atoms with Gasteiger partial charge in [-0.2, -0.15) is 0 Å². The van der Waals surface area contributed by atoms with Crippen LogP contribution in [-0.4, -0.2) is 38.4 Å². The first kappa shape index (κ1) is 15.0. The van der Waals surface area contributed by atoms with Crippen LogP contribution in [0.4, 0.5) is 0 Å². The number of rotatable bonds is 5. The molecule has 1 rings (SSSR count). The van der Waals surface area contributed by atoms with E-state index < -0.39 is 5.92 Å². The van der Waals surface area contributed by atoms with E-state index in [1.54, 1.807) is 6.92 Å². The lowest BCUT2D eigenvalue weighted by Crippen LogP contribution is -2.35. The molecular weight excluding hydrogens is 236 g/mol. The zero-order valence-electron chi connectivity index (χ0n) is 11.3. The Hall–Kier alpha value is -1.10. The van der Waals surface area contributed by atoms with Crippen LogP contribution in [0.5, 0.6) is 0 Å². The van der Waals surface area contributed by atoms with Crippen LogP contribution in [0, 0.1) is 11.8 Å². The number of methoxy groups -OCH3 is 1. The molecule has 0 saturated carbocycles. The van der Waals surface area contributed by atoms with Crippen LogP contribution in [0.15, 0.2) is 0 Å². The third kappa shape index (κ3) is 4.29. The molecule has 1 saturated heterocycles. The van der Waals surface area contributed by atoms with E-state index in [1.807, 2.05) is 6.92 Å². The minimum atomic E-state index is -0.413. The fourth-order valence-corrected chi connectivity index (χ4v) is 2.35. The third-order valence-electron chi connectivity index (χ3n) is 3.30. The van der Waals surface area contributed by atoms with E-state index in [2.05, 4.69) is 4.74 Å². The summed E-state index contributed by atoms with van der Waals surface area (Å²) in [5.41, 5.74) is 0. The van der Waals surface area contributed by atoms with Crippen molar-refractivity contribution in [3.05, 3.63) is 0 Å². The number of ether oxygens (including phenoxy) is 3. The monoisotopic (exact) mass is 258 g/mol. The predicted octanol–water partition coefficient (Wildman–Crippen LogP) is 1.54. The summed E-state index contributed by atoms with van der Waals surface area (Å²) in [6.07, 6.45) is 1.77. The summed E-state index contributed by atoms with van der Waals surface area (Å²) >= 11 is 0. The summed E-state index contributed by atoms with van der Waals surface area (Å²) in [7, 11) is 1.33. The van der Waals surface area contributed by atoms with E-state index in [4.69, 9.17) is 9.47 Å². The van der Waals surface area contributed by atoms with Crippen LogP contribution in [0.2, 0.25) is 0 Å². The molecule has 0 aromatic rings. The van der Waals surface area contributed by atoms with Gasteiger partial charge in [-0.25, -0.2) is 0 Å². The van der Waals surface area contributed by atoms with Gasteiger partial charge in [0.2, 0.25) is 0 Å². The van der Waals surface area contributed by atoms with E-state index in [9.17, 15) is 9.59 Å². The number of carbonyl (C=O) groups excluding carboxylic acids is 2. The minimum absolute atomic E-state index is 0.0900. The van der Waals surface area contributed by atoms with Crippen molar-refractivity contribution in [2.45, 2.75) is 39.2 Å². The van der Waals surface area contributed by atoms with Crippen molar-refractivity contribution in [3.8, 4) is 0 Å². The Bertz CT molecular complexity index is 289. The molecule has 1 heterocycles. The van der Waals surface area contributed by atoms with E-state index in [0.717, 1.165) is 12.8 Å². The van der Waals surface area contributed by atoms with Crippen LogP contribution in [0.1, 0.15) is 33.1 Å². The maximum absolute atomic E-state index is 11.9. The second-order valence-electron chi connectivity index (χ2n) is 4.60. The predicted molar refractivity (Wildman–Crippen MR) is 64.9 cm³/mol. The average molecular weight is 258 g/mol. The first-order chi connectivity index (χ1) is 8.58. The smallest absolute Gasteiger partial charge is 0.309 e. The standard InChI is InChI=1S/C13H22O5/c1-4-17-13(15)11(8-12(14)16-3)10-5-6-18-9(2)7-10/h9-11H,4-8H2,1-3H3/t9-,10+,11?/m0/s1. The van der Waals surface area contributed by atoms with Crippen molar-refractivity contribution in [3.63, 3.8) is 0 Å². The maximum atomic E-state index is 11.9. The molecule has 0 aromatic heterocycles. The Labute approximate surface area is 108 Å². The van der Waals surface area contributed by atoms with Gasteiger partial charge in [0.1, 0.15) is 0 Å². The van der Waals surface area contributed by atoms with Gasteiger partial charge in [0.25, 0.3) is 0 Å². The van der Waals surface area contributed by atoms with E-state index in [1.165, 1.54) is 7.11 Å². The van der Waals surface area contributed by atoms with Crippen LogP contribution in [0.25, 0.3) is 0 Å². The van der Waals surface area contributed by atoms with Crippen molar-refractivity contribution in [1.29, 1.82) is 0 Å². The lowest BCUT2D eigenvalue weighted by molar-refractivity contribution is -0.158. The van der Waals surface area contributed by atoms with Crippen LogP contribution >= 0.6 is 0 Å². The Morgan fingerprint density at radius 2 is 2.17 bits per heavy atom. The molecule has 0 aliphatic carbocycles. The first-order valence-corrected chi connectivity index (χ1v) is 6.43. The fraction of sp³-hybridized carbons (Fsp3) is 0.846. The molecule has 0 amide bonds. The summed E-state index contributed by atoms with van der Waals surface area (Å²) in [5.74, 6) is -0.954. The highest BCUT2D eigenvalue weighted by molar-refractivity contribution is 5.80. The quantitative estimate of drug-likeness (QED) is 0.700. The largest absolute Gasteiger partial charge is 0.469 e. The van der Waals surface area contributed by atoms with E-state index in [-0.39, 0.29) is 30.4 Å². The first-order valence-electron chi connectivity index (χ1n) is 6.43. The second kappa shape index (κ2) is 7.36. The number of carbonyl (C=O) groups is 2. The number of hydrogen-bond acceptors (Lipinski definition) is 5. The number of hydrogen-bond donors (Lipinski definition) is 0. The molecule has 0 radical (unpaired) electrons. The van der Waals surface area contributed by atoms with Crippen LogP contribution < -0.4 is 0 Å². The number of esters is 2. The molecule has 18 heavy (non-hydrogen) atoms. The Morgan fingerprint density at radius 3 is 2.72 bits per heavy atom. The molecule has 0 aromatic carbocycles. The fourth-order valence-electron chi connectivity index (χ4n) is 2.35. The average Bonchev–Trinajstić information content (AvgIpc) is 2.35. The molecule has 3 atom stereocenters. The van der Waals surface area contributed by atoms with Gasteiger partial charge in [-0.1, -0.05) is 0 Å². The Balaban J connectivity index is 2.68. The van der Waals surface area contributed by atoms with Crippen molar-refractivity contribution >= 4 is 11.9 Å². The Morgan fingerprint density at radius 1 is 1.44 bits per heavy atom. The van der Waals surface area contributed by atoms with Gasteiger partial charge >= 0.3 is 11.9 Å². The summed E-state index contributed by atoms with van der Waals surface area (Å²) in [4.78, 5) is 23.3. The summed E-state index contributed by atoms with van der Waals surface area (Å²) in [6, 6.07) is 0. The van der Waals surface area contributed by atoms with Gasteiger partial charge in [0.15, 0.2) is 0 Å². The highest BCUT2D eigenvalue weighted by Crippen LogP contribution is 2.30. The van der Waals surface area contributed by atoms with Crippen molar-refractivity contribution in [1.82, 2.24) is 0 Å². The molecule has 1 unspecified atom stereocenters. The van der Waals surface area contributed by atoms with Crippen molar-refractivity contribution in [2.75, 3.05) is 20.3 Å². The van der Waals surface area contributed by atoms with Crippen molar-refractivity contribution < 1.29 is 23.8 Å². The topological polar surface area (TPSA) is 61.8 Å².